The molecule has 0 spiro atoms. The van der Waals surface area contributed by atoms with Crippen molar-refractivity contribution in [1.29, 1.82) is 0 Å². The van der Waals surface area contributed by atoms with E-state index >= 15 is 0 Å². The van der Waals surface area contributed by atoms with E-state index in [0.29, 0.717) is 0 Å². The van der Waals surface area contributed by atoms with Gasteiger partial charge < -0.3 is 10.5 Å². The molecule has 4 heteroatoms. The minimum absolute atomic E-state index is 0.0389. The lowest BCUT2D eigenvalue weighted by Gasteiger charge is -2.12. The lowest BCUT2D eigenvalue weighted by molar-refractivity contribution is 0.357. The highest BCUT2D eigenvalue weighted by molar-refractivity contribution is 5.39. The lowest BCUT2D eigenvalue weighted by atomic mass is 10.0. The van der Waals surface area contributed by atoms with E-state index in [0.717, 1.165) is 37.3 Å². The summed E-state index contributed by atoms with van der Waals surface area (Å²) >= 11 is 0. The van der Waals surface area contributed by atoms with E-state index < -0.39 is 0 Å². The zero-order chi connectivity index (χ0) is 13.2. The fourth-order valence-electron chi connectivity index (χ4n) is 2.61. The van der Waals surface area contributed by atoms with Crippen LogP contribution in [0, 0.1) is 0 Å². The molecule has 100 valence electrons. The van der Waals surface area contributed by atoms with Crippen molar-refractivity contribution < 1.29 is 4.74 Å². The molecule has 0 saturated carbocycles. The highest BCUT2D eigenvalue weighted by Crippen LogP contribution is 2.27. The molecule has 0 fully saturated rings. The third-order valence-corrected chi connectivity index (χ3v) is 3.74. The summed E-state index contributed by atoms with van der Waals surface area (Å²) in [5, 5.41) is 4.16. The van der Waals surface area contributed by atoms with E-state index in [2.05, 4.69) is 23.3 Å². The molecule has 1 aromatic heterocycles. The number of hydrogen-bond acceptors (Lipinski definition) is 3. The second-order valence-corrected chi connectivity index (χ2v) is 5.07. The molecule has 1 unspecified atom stereocenters. The summed E-state index contributed by atoms with van der Waals surface area (Å²) in [6.07, 6.45) is 4.73. The first kappa shape index (κ1) is 12.2. The Morgan fingerprint density at radius 1 is 1.42 bits per heavy atom. The quantitative estimate of drug-likeness (QED) is 0.911. The molecule has 0 amide bonds. The van der Waals surface area contributed by atoms with Crippen molar-refractivity contribution in [2.24, 2.45) is 12.8 Å². The second kappa shape index (κ2) is 5.05. The zero-order valence-corrected chi connectivity index (χ0v) is 11.2. The topological polar surface area (TPSA) is 53.1 Å². The molecule has 1 aliphatic rings. The van der Waals surface area contributed by atoms with Gasteiger partial charge in [0, 0.05) is 25.7 Å². The van der Waals surface area contributed by atoms with Gasteiger partial charge in [0.25, 0.3) is 0 Å². The van der Waals surface area contributed by atoms with Crippen LogP contribution in [0.25, 0.3) is 0 Å². The number of fused-ring (bicyclic) bond motifs is 1. The number of nitrogens with zero attached hydrogens (tertiary/aromatic N) is 2. The molecule has 0 saturated heterocycles. The summed E-state index contributed by atoms with van der Waals surface area (Å²) in [5.41, 5.74) is 9.96. The Hall–Kier alpha value is -1.81. The predicted octanol–water partition coefficient (Wildman–Crippen LogP) is 1.99. The SMILES string of the molecule is Cn1nccc1C(N)CCc1ccc2c(c1)CCO2. The van der Waals surface area contributed by atoms with Gasteiger partial charge in [-0.05, 0) is 36.1 Å². The molecule has 19 heavy (non-hydrogen) atoms. The number of benzene rings is 1. The fourth-order valence-corrected chi connectivity index (χ4v) is 2.61. The van der Waals surface area contributed by atoms with E-state index in [1.165, 1.54) is 11.1 Å². The van der Waals surface area contributed by atoms with Crippen molar-refractivity contribution >= 4 is 0 Å². The first-order chi connectivity index (χ1) is 9.24. The standard InChI is InChI=1S/C15H19N3O/c1-18-14(6-8-17-18)13(16)4-2-11-3-5-15-12(10-11)7-9-19-15/h3,5-6,8,10,13H,2,4,7,9,16H2,1H3. The molecule has 0 aliphatic carbocycles. The third kappa shape index (κ3) is 2.49. The van der Waals surface area contributed by atoms with E-state index in [9.17, 15) is 0 Å². The summed E-state index contributed by atoms with van der Waals surface area (Å²) in [6.45, 7) is 0.813. The molecule has 1 aromatic carbocycles. The molecule has 1 aliphatic heterocycles. The Morgan fingerprint density at radius 3 is 3.11 bits per heavy atom. The number of rotatable bonds is 4. The van der Waals surface area contributed by atoms with Crippen molar-refractivity contribution in [2.45, 2.75) is 25.3 Å². The van der Waals surface area contributed by atoms with E-state index in [1.807, 2.05) is 17.8 Å². The first-order valence-electron chi connectivity index (χ1n) is 6.72. The van der Waals surface area contributed by atoms with Crippen LogP contribution < -0.4 is 10.5 Å². The largest absolute Gasteiger partial charge is 0.493 e. The number of nitrogens with two attached hydrogens (primary N) is 1. The Labute approximate surface area is 113 Å². The van der Waals surface area contributed by atoms with Crippen molar-refractivity contribution in [3.05, 3.63) is 47.3 Å². The van der Waals surface area contributed by atoms with E-state index in [1.54, 1.807) is 6.20 Å². The molecule has 0 radical (unpaired) electrons. The van der Waals surface area contributed by atoms with Gasteiger partial charge in [0.15, 0.2) is 0 Å². The average Bonchev–Trinajstić information content (AvgIpc) is 3.03. The highest BCUT2D eigenvalue weighted by Gasteiger charge is 2.13. The number of aryl methyl sites for hydroxylation is 2. The van der Waals surface area contributed by atoms with E-state index in [-0.39, 0.29) is 6.04 Å². The molecule has 0 bridgehead atoms. The molecule has 2 N–H and O–H groups in total. The zero-order valence-electron chi connectivity index (χ0n) is 11.2. The van der Waals surface area contributed by atoms with Gasteiger partial charge >= 0.3 is 0 Å². The van der Waals surface area contributed by atoms with Crippen LogP contribution in [0.3, 0.4) is 0 Å². The minimum atomic E-state index is 0.0389. The summed E-state index contributed by atoms with van der Waals surface area (Å²) in [6, 6.07) is 8.49. The fraction of sp³-hybridized carbons (Fsp3) is 0.400. The van der Waals surface area contributed by atoms with Gasteiger partial charge in [0.05, 0.1) is 12.3 Å². The molecule has 1 atom stereocenters. The normalized spacial score (nSPS) is 15.1. The minimum Gasteiger partial charge on any atom is -0.493 e. The molecule has 4 nitrogen and oxygen atoms in total. The van der Waals surface area contributed by atoms with E-state index in [4.69, 9.17) is 10.5 Å². The summed E-state index contributed by atoms with van der Waals surface area (Å²) < 4.78 is 7.37. The highest BCUT2D eigenvalue weighted by atomic mass is 16.5. The maximum absolute atomic E-state index is 6.22. The van der Waals surface area contributed by atoms with Gasteiger partial charge in [0.2, 0.25) is 0 Å². The smallest absolute Gasteiger partial charge is 0.122 e. The van der Waals surface area contributed by atoms with Crippen molar-refractivity contribution in [3.63, 3.8) is 0 Å². The molecule has 2 aromatic rings. The van der Waals surface area contributed by atoms with Gasteiger partial charge in [0.1, 0.15) is 5.75 Å². The van der Waals surface area contributed by atoms with Crippen molar-refractivity contribution in [1.82, 2.24) is 9.78 Å². The predicted molar refractivity (Wildman–Crippen MR) is 74.1 cm³/mol. The van der Waals surface area contributed by atoms with Crippen LogP contribution >= 0.6 is 0 Å². The average molecular weight is 257 g/mol. The number of hydrogen-bond donors (Lipinski definition) is 1. The number of ether oxygens (including phenoxy) is 1. The second-order valence-electron chi connectivity index (χ2n) is 5.07. The Bertz CT molecular complexity index is 577. The van der Waals surface area contributed by atoms with Gasteiger partial charge in [-0.3, -0.25) is 4.68 Å². The van der Waals surface area contributed by atoms with Gasteiger partial charge in [-0.1, -0.05) is 12.1 Å². The van der Waals surface area contributed by atoms with Crippen molar-refractivity contribution in [3.8, 4) is 5.75 Å². The monoisotopic (exact) mass is 257 g/mol. The van der Waals surface area contributed by atoms with Crippen molar-refractivity contribution in [2.75, 3.05) is 6.61 Å². The van der Waals surface area contributed by atoms with Crippen LogP contribution in [0.1, 0.15) is 29.3 Å². The Morgan fingerprint density at radius 2 is 2.32 bits per heavy atom. The van der Waals surface area contributed by atoms with Crippen LogP contribution in [0.5, 0.6) is 5.75 Å². The Balaban J connectivity index is 1.65. The summed E-state index contributed by atoms with van der Waals surface area (Å²) in [4.78, 5) is 0. The number of aromatic nitrogens is 2. The van der Waals surface area contributed by atoms with Crippen LogP contribution in [-0.2, 0) is 19.9 Å². The van der Waals surface area contributed by atoms with Crippen LogP contribution in [0.2, 0.25) is 0 Å². The maximum atomic E-state index is 6.22. The molecular formula is C15H19N3O. The maximum Gasteiger partial charge on any atom is 0.122 e. The summed E-state index contributed by atoms with van der Waals surface area (Å²) in [7, 11) is 1.93. The Kier molecular flexibility index (Phi) is 3.25. The van der Waals surface area contributed by atoms with Crippen LogP contribution in [0.15, 0.2) is 30.5 Å². The molecule has 2 heterocycles. The van der Waals surface area contributed by atoms with Gasteiger partial charge in [-0.15, -0.1) is 0 Å². The summed E-state index contributed by atoms with van der Waals surface area (Å²) in [5.74, 6) is 1.04. The molecular weight excluding hydrogens is 238 g/mol. The molecule has 3 rings (SSSR count). The lowest BCUT2D eigenvalue weighted by Crippen LogP contribution is -2.15. The van der Waals surface area contributed by atoms with Crippen LogP contribution in [-0.4, -0.2) is 16.4 Å². The van der Waals surface area contributed by atoms with Gasteiger partial charge in [-0.2, -0.15) is 5.10 Å². The first-order valence-corrected chi connectivity index (χ1v) is 6.72. The third-order valence-electron chi connectivity index (χ3n) is 3.74. The van der Waals surface area contributed by atoms with Gasteiger partial charge in [-0.25, -0.2) is 0 Å². The van der Waals surface area contributed by atoms with Crippen LogP contribution in [0.4, 0.5) is 0 Å².